The van der Waals surface area contributed by atoms with Crippen LogP contribution in [0.25, 0.3) is 0 Å². The standard InChI is InChI=1S/C14H20N2O/c1-10(2)5-7-16-8-6-11-3-4-12(15)9-13(11)14(16)17/h3-4,9-10H,5-8,15H2,1-2H3. The van der Waals surface area contributed by atoms with Gasteiger partial charge in [0, 0.05) is 24.3 Å². The van der Waals surface area contributed by atoms with Crippen LogP contribution in [0.15, 0.2) is 18.2 Å². The highest BCUT2D eigenvalue weighted by Crippen LogP contribution is 2.21. The van der Waals surface area contributed by atoms with Crippen molar-refractivity contribution in [1.29, 1.82) is 0 Å². The molecule has 17 heavy (non-hydrogen) atoms. The summed E-state index contributed by atoms with van der Waals surface area (Å²) < 4.78 is 0. The molecule has 1 aromatic carbocycles. The molecule has 1 aliphatic rings. The summed E-state index contributed by atoms with van der Waals surface area (Å²) in [4.78, 5) is 14.2. The fraction of sp³-hybridized carbons (Fsp3) is 0.500. The molecular formula is C14H20N2O. The number of nitrogen functional groups attached to an aromatic ring is 1. The summed E-state index contributed by atoms with van der Waals surface area (Å²) >= 11 is 0. The van der Waals surface area contributed by atoms with Crippen molar-refractivity contribution in [1.82, 2.24) is 4.90 Å². The Hall–Kier alpha value is -1.51. The largest absolute Gasteiger partial charge is 0.399 e. The first-order valence-electron chi connectivity index (χ1n) is 6.25. The van der Waals surface area contributed by atoms with Gasteiger partial charge in [0.25, 0.3) is 5.91 Å². The minimum Gasteiger partial charge on any atom is -0.399 e. The van der Waals surface area contributed by atoms with E-state index in [4.69, 9.17) is 5.73 Å². The number of anilines is 1. The van der Waals surface area contributed by atoms with Crippen LogP contribution < -0.4 is 5.73 Å². The van der Waals surface area contributed by atoms with Crippen molar-refractivity contribution >= 4 is 11.6 Å². The van der Waals surface area contributed by atoms with E-state index in [1.165, 1.54) is 0 Å². The Morgan fingerprint density at radius 3 is 2.88 bits per heavy atom. The fourth-order valence-corrected chi connectivity index (χ4v) is 2.17. The van der Waals surface area contributed by atoms with E-state index in [9.17, 15) is 4.79 Å². The molecule has 0 saturated carbocycles. The summed E-state index contributed by atoms with van der Waals surface area (Å²) in [7, 11) is 0. The van der Waals surface area contributed by atoms with Gasteiger partial charge in [-0.1, -0.05) is 19.9 Å². The molecule has 0 bridgehead atoms. The molecule has 92 valence electrons. The van der Waals surface area contributed by atoms with Gasteiger partial charge < -0.3 is 10.6 Å². The third-order valence-corrected chi connectivity index (χ3v) is 3.28. The molecule has 1 aliphatic heterocycles. The third kappa shape index (κ3) is 2.60. The molecule has 3 nitrogen and oxygen atoms in total. The SMILES string of the molecule is CC(C)CCN1CCc2ccc(N)cc2C1=O. The summed E-state index contributed by atoms with van der Waals surface area (Å²) in [6.45, 7) is 6.05. The molecular weight excluding hydrogens is 212 g/mol. The molecule has 0 atom stereocenters. The lowest BCUT2D eigenvalue weighted by Gasteiger charge is -2.29. The van der Waals surface area contributed by atoms with Gasteiger partial charge in [-0.15, -0.1) is 0 Å². The highest BCUT2D eigenvalue weighted by Gasteiger charge is 2.23. The number of hydrogen-bond donors (Lipinski definition) is 1. The van der Waals surface area contributed by atoms with Crippen LogP contribution in [0.3, 0.4) is 0 Å². The highest BCUT2D eigenvalue weighted by molar-refractivity contribution is 5.97. The quantitative estimate of drug-likeness (QED) is 0.813. The first-order valence-corrected chi connectivity index (χ1v) is 6.25. The van der Waals surface area contributed by atoms with E-state index in [1.54, 1.807) is 6.07 Å². The van der Waals surface area contributed by atoms with Crippen molar-refractivity contribution in [2.45, 2.75) is 26.7 Å². The number of benzene rings is 1. The Bertz CT molecular complexity index is 426. The molecule has 0 fully saturated rings. The molecule has 0 aliphatic carbocycles. The fourth-order valence-electron chi connectivity index (χ4n) is 2.17. The molecule has 0 spiro atoms. The zero-order chi connectivity index (χ0) is 12.4. The van der Waals surface area contributed by atoms with Crippen molar-refractivity contribution in [2.24, 2.45) is 5.92 Å². The van der Waals surface area contributed by atoms with Gasteiger partial charge in [0.1, 0.15) is 0 Å². The molecule has 0 radical (unpaired) electrons. The molecule has 1 heterocycles. The summed E-state index contributed by atoms with van der Waals surface area (Å²) in [5, 5.41) is 0. The minimum absolute atomic E-state index is 0.138. The zero-order valence-corrected chi connectivity index (χ0v) is 10.6. The van der Waals surface area contributed by atoms with Gasteiger partial charge in [0.05, 0.1) is 0 Å². The molecule has 0 saturated heterocycles. The van der Waals surface area contributed by atoms with Gasteiger partial charge in [-0.25, -0.2) is 0 Å². The van der Waals surface area contributed by atoms with Gasteiger partial charge in [-0.3, -0.25) is 4.79 Å². The van der Waals surface area contributed by atoms with E-state index >= 15 is 0 Å². The summed E-state index contributed by atoms with van der Waals surface area (Å²) in [6.07, 6.45) is 2.00. The smallest absolute Gasteiger partial charge is 0.254 e. The van der Waals surface area contributed by atoms with Crippen molar-refractivity contribution in [3.63, 3.8) is 0 Å². The van der Waals surface area contributed by atoms with E-state index in [-0.39, 0.29) is 5.91 Å². The van der Waals surface area contributed by atoms with Crippen molar-refractivity contribution < 1.29 is 4.79 Å². The van der Waals surface area contributed by atoms with E-state index in [0.717, 1.165) is 37.1 Å². The molecule has 2 N–H and O–H groups in total. The predicted molar refractivity (Wildman–Crippen MR) is 69.9 cm³/mol. The normalized spacial score (nSPS) is 15.2. The van der Waals surface area contributed by atoms with E-state index < -0.39 is 0 Å². The second-order valence-electron chi connectivity index (χ2n) is 5.14. The topological polar surface area (TPSA) is 46.3 Å². The summed E-state index contributed by atoms with van der Waals surface area (Å²) in [5.41, 5.74) is 8.33. The maximum Gasteiger partial charge on any atom is 0.254 e. The summed E-state index contributed by atoms with van der Waals surface area (Å²) in [6, 6.07) is 5.65. The van der Waals surface area contributed by atoms with Crippen LogP contribution >= 0.6 is 0 Å². The molecule has 1 amide bonds. The Kier molecular flexibility index (Phi) is 3.36. The lowest BCUT2D eigenvalue weighted by molar-refractivity contribution is 0.0732. The number of carbonyl (C=O) groups is 1. The predicted octanol–water partition coefficient (Wildman–Crippen LogP) is 2.31. The van der Waals surface area contributed by atoms with Gasteiger partial charge in [-0.05, 0) is 36.5 Å². The zero-order valence-electron chi connectivity index (χ0n) is 10.6. The molecule has 0 aromatic heterocycles. The number of amides is 1. The number of carbonyl (C=O) groups excluding carboxylic acids is 1. The number of rotatable bonds is 3. The van der Waals surface area contributed by atoms with E-state index in [0.29, 0.717) is 11.6 Å². The van der Waals surface area contributed by atoms with Crippen molar-refractivity contribution in [3.05, 3.63) is 29.3 Å². The average molecular weight is 232 g/mol. The Labute approximate surface area is 103 Å². The average Bonchev–Trinajstić information content (AvgIpc) is 2.29. The Morgan fingerprint density at radius 2 is 2.18 bits per heavy atom. The van der Waals surface area contributed by atoms with Crippen LogP contribution in [-0.4, -0.2) is 23.9 Å². The number of nitrogens with two attached hydrogens (primary N) is 1. The van der Waals surface area contributed by atoms with Gasteiger partial charge in [0.2, 0.25) is 0 Å². The van der Waals surface area contributed by atoms with Crippen LogP contribution in [0.1, 0.15) is 36.2 Å². The van der Waals surface area contributed by atoms with Crippen LogP contribution in [-0.2, 0) is 6.42 Å². The van der Waals surface area contributed by atoms with Crippen molar-refractivity contribution in [2.75, 3.05) is 18.8 Å². The lowest BCUT2D eigenvalue weighted by atomic mass is 9.98. The maximum atomic E-state index is 12.3. The second-order valence-corrected chi connectivity index (χ2v) is 5.14. The maximum absolute atomic E-state index is 12.3. The number of fused-ring (bicyclic) bond motifs is 1. The monoisotopic (exact) mass is 232 g/mol. The Morgan fingerprint density at radius 1 is 1.41 bits per heavy atom. The number of nitrogens with zero attached hydrogens (tertiary/aromatic N) is 1. The highest BCUT2D eigenvalue weighted by atomic mass is 16.2. The van der Waals surface area contributed by atoms with Crippen molar-refractivity contribution in [3.8, 4) is 0 Å². The second kappa shape index (κ2) is 4.78. The van der Waals surface area contributed by atoms with Gasteiger partial charge in [-0.2, -0.15) is 0 Å². The number of hydrogen-bond acceptors (Lipinski definition) is 2. The molecule has 2 rings (SSSR count). The molecule has 0 unspecified atom stereocenters. The summed E-state index contributed by atoms with van der Waals surface area (Å²) in [5.74, 6) is 0.768. The minimum atomic E-state index is 0.138. The van der Waals surface area contributed by atoms with E-state index in [2.05, 4.69) is 13.8 Å². The lowest BCUT2D eigenvalue weighted by Crippen LogP contribution is -2.38. The van der Waals surface area contributed by atoms with Gasteiger partial charge in [0.15, 0.2) is 0 Å². The Balaban J connectivity index is 2.15. The molecule has 3 heteroatoms. The van der Waals surface area contributed by atoms with Crippen LogP contribution in [0.2, 0.25) is 0 Å². The third-order valence-electron chi connectivity index (χ3n) is 3.28. The first kappa shape index (κ1) is 12.0. The molecule has 1 aromatic rings. The van der Waals surface area contributed by atoms with Crippen LogP contribution in [0.5, 0.6) is 0 Å². The van der Waals surface area contributed by atoms with Gasteiger partial charge >= 0.3 is 0 Å². The van der Waals surface area contributed by atoms with Crippen LogP contribution in [0, 0.1) is 5.92 Å². The first-order chi connectivity index (χ1) is 8.08. The van der Waals surface area contributed by atoms with Crippen LogP contribution in [0.4, 0.5) is 5.69 Å². The van der Waals surface area contributed by atoms with E-state index in [1.807, 2.05) is 17.0 Å².